The molecule has 0 atom stereocenters. The summed E-state index contributed by atoms with van der Waals surface area (Å²) in [7, 11) is 2.98. The van der Waals surface area contributed by atoms with Crippen molar-refractivity contribution >= 4 is 25.8 Å². The molecule has 0 saturated heterocycles. The average Bonchev–Trinajstić information content (AvgIpc) is 2.45. The molecule has 8 heteroatoms. The van der Waals surface area contributed by atoms with Gasteiger partial charge in [-0.05, 0) is 5.56 Å². The second-order valence-electron chi connectivity index (χ2n) is 4.26. The number of benzene rings is 1. The van der Waals surface area contributed by atoms with Crippen LogP contribution in [-0.2, 0) is 25.1 Å². The number of hydrogen-bond donors (Lipinski definition) is 0. The van der Waals surface area contributed by atoms with Gasteiger partial charge in [-0.3, -0.25) is 0 Å². The van der Waals surface area contributed by atoms with E-state index in [9.17, 15) is 13.2 Å². The van der Waals surface area contributed by atoms with Crippen LogP contribution in [0.15, 0.2) is 30.3 Å². The molecule has 0 aliphatic rings. The zero-order valence-corrected chi connectivity index (χ0v) is 13.3. The van der Waals surface area contributed by atoms with Crippen molar-refractivity contribution < 1.29 is 22.7 Å². The first-order valence-corrected chi connectivity index (χ1v) is 8.77. The summed E-state index contributed by atoms with van der Waals surface area (Å²) in [4.78, 5) is 13.2. The van der Waals surface area contributed by atoms with E-state index < -0.39 is 15.1 Å². The summed E-state index contributed by atoms with van der Waals surface area (Å²) in [5.41, 5.74) is 0.850. The SMILES string of the molecule is COCCN(CCS(=O)(=O)Cl)C(=O)OCc1ccccc1. The van der Waals surface area contributed by atoms with E-state index in [-0.39, 0.29) is 32.1 Å². The number of hydrogen-bond acceptors (Lipinski definition) is 5. The highest BCUT2D eigenvalue weighted by Gasteiger charge is 2.17. The first-order chi connectivity index (χ1) is 9.92. The van der Waals surface area contributed by atoms with Crippen molar-refractivity contribution in [3.63, 3.8) is 0 Å². The molecule has 0 aliphatic carbocycles. The molecule has 0 aliphatic heterocycles. The van der Waals surface area contributed by atoms with Crippen LogP contribution < -0.4 is 0 Å². The van der Waals surface area contributed by atoms with Crippen LogP contribution in [0.25, 0.3) is 0 Å². The highest BCUT2D eigenvalue weighted by molar-refractivity contribution is 8.13. The summed E-state index contributed by atoms with van der Waals surface area (Å²) in [6.45, 7) is 0.596. The minimum atomic E-state index is -3.66. The predicted octanol–water partition coefficient (Wildman–Crippen LogP) is 1.84. The molecule has 1 aromatic carbocycles. The molecule has 0 N–H and O–H groups in total. The number of carbonyl (C=O) groups excluding carboxylic acids is 1. The van der Waals surface area contributed by atoms with Gasteiger partial charge >= 0.3 is 6.09 Å². The van der Waals surface area contributed by atoms with E-state index in [0.717, 1.165) is 5.56 Å². The summed E-state index contributed by atoms with van der Waals surface area (Å²) in [5.74, 6) is -0.335. The van der Waals surface area contributed by atoms with Crippen molar-refractivity contribution in [3.8, 4) is 0 Å². The Balaban J connectivity index is 2.53. The Morgan fingerprint density at radius 2 is 1.90 bits per heavy atom. The standard InChI is InChI=1S/C13H18ClNO5S/c1-19-9-7-15(8-10-21(14,17)18)13(16)20-11-12-5-3-2-4-6-12/h2-6H,7-11H2,1H3. The highest BCUT2D eigenvalue weighted by Crippen LogP contribution is 2.05. The van der Waals surface area contributed by atoms with Gasteiger partial charge in [0, 0.05) is 30.9 Å². The fraction of sp³-hybridized carbons (Fsp3) is 0.462. The third kappa shape index (κ3) is 7.89. The zero-order valence-electron chi connectivity index (χ0n) is 11.7. The van der Waals surface area contributed by atoms with Crippen molar-refractivity contribution in [1.29, 1.82) is 0 Å². The average molecular weight is 336 g/mol. The summed E-state index contributed by atoms with van der Waals surface area (Å²) >= 11 is 0. The van der Waals surface area contributed by atoms with Gasteiger partial charge in [0.2, 0.25) is 9.05 Å². The third-order valence-electron chi connectivity index (χ3n) is 2.63. The van der Waals surface area contributed by atoms with Crippen molar-refractivity contribution in [1.82, 2.24) is 4.90 Å². The number of nitrogens with zero attached hydrogens (tertiary/aromatic N) is 1. The zero-order chi connectivity index (χ0) is 15.7. The molecule has 1 aromatic rings. The minimum absolute atomic E-state index is 0.0389. The van der Waals surface area contributed by atoms with Crippen LogP contribution in [0, 0.1) is 0 Å². The molecule has 0 fully saturated rings. The molecule has 118 valence electrons. The Morgan fingerprint density at radius 3 is 2.48 bits per heavy atom. The molecule has 0 spiro atoms. The van der Waals surface area contributed by atoms with Crippen LogP contribution in [0.2, 0.25) is 0 Å². The normalized spacial score (nSPS) is 11.1. The minimum Gasteiger partial charge on any atom is -0.445 e. The van der Waals surface area contributed by atoms with E-state index in [0.29, 0.717) is 0 Å². The summed E-state index contributed by atoms with van der Waals surface area (Å²) in [6, 6.07) is 9.20. The summed E-state index contributed by atoms with van der Waals surface area (Å²) in [6.07, 6.45) is -0.601. The Kier molecular flexibility index (Phi) is 7.49. The van der Waals surface area contributed by atoms with Crippen LogP contribution in [0.5, 0.6) is 0 Å². The number of methoxy groups -OCH3 is 1. The van der Waals surface area contributed by atoms with Gasteiger partial charge < -0.3 is 14.4 Å². The van der Waals surface area contributed by atoms with E-state index in [1.165, 1.54) is 12.0 Å². The Labute approximate surface area is 129 Å². The fourth-order valence-electron chi connectivity index (χ4n) is 1.53. The Bertz CT molecular complexity index is 535. The van der Waals surface area contributed by atoms with E-state index in [1.54, 1.807) is 0 Å². The number of halogens is 1. The molecule has 0 unspecified atom stereocenters. The van der Waals surface area contributed by atoms with Crippen molar-refractivity contribution in [3.05, 3.63) is 35.9 Å². The lowest BCUT2D eigenvalue weighted by molar-refractivity contribution is 0.0848. The van der Waals surface area contributed by atoms with Crippen molar-refractivity contribution in [2.45, 2.75) is 6.61 Å². The van der Waals surface area contributed by atoms with Gasteiger partial charge in [-0.2, -0.15) is 0 Å². The van der Waals surface area contributed by atoms with E-state index >= 15 is 0 Å². The van der Waals surface area contributed by atoms with Crippen LogP contribution in [0.1, 0.15) is 5.56 Å². The predicted molar refractivity (Wildman–Crippen MR) is 79.7 cm³/mol. The van der Waals surface area contributed by atoms with E-state index in [4.69, 9.17) is 20.2 Å². The molecule has 0 aromatic heterocycles. The molecule has 0 bridgehead atoms. The lowest BCUT2D eigenvalue weighted by Gasteiger charge is -2.21. The molecule has 0 radical (unpaired) electrons. The first-order valence-electron chi connectivity index (χ1n) is 6.29. The van der Waals surface area contributed by atoms with Gasteiger partial charge in [0.1, 0.15) is 6.61 Å². The second kappa shape index (κ2) is 8.86. The highest BCUT2D eigenvalue weighted by atomic mass is 35.7. The first kappa shape index (κ1) is 17.7. The monoisotopic (exact) mass is 335 g/mol. The van der Waals surface area contributed by atoms with Crippen LogP contribution in [0.3, 0.4) is 0 Å². The smallest absolute Gasteiger partial charge is 0.410 e. The van der Waals surface area contributed by atoms with Crippen LogP contribution in [-0.4, -0.2) is 52.0 Å². The maximum Gasteiger partial charge on any atom is 0.410 e. The molecule has 1 rings (SSSR count). The maximum atomic E-state index is 11.9. The molecule has 6 nitrogen and oxygen atoms in total. The van der Waals surface area contributed by atoms with E-state index in [1.807, 2.05) is 30.3 Å². The van der Waals surface area contributed by atoms with Crippen LogP contribution in [0.4, 0.5) is 4.79 Å². The largest absolute Gasteiger partial charge is 0.445 e. The lowest BCUT2D eigenvalue weighted by Crippen LogP contribution is -2.37. The Morgan fingerprint density at radius 1 is 1.24 bits per heavy atom. The number of rotatable bonds is 8. The number of ether oxygens (including phenoxy) is 2. The van der Waals surface area contributed by atoms with Gasteiger partial charge in [-0.25, -0.2) is 13.2 Å². The van der Waals surface area contributed by atoms with E-state index in [2.05, 4.69) is 0 Å². The third-order valence-corrected chi connectivity index (χ3v) is 3.77. The fourth-order valence-corrected chi connectivity index (χ4v) is 2.17. The lowest BCUT2D eigenvalue weighted by atomic mass is 10.2. The molecular formula is C13H18ClNO5S. The molecule has 21 heavy (non-hydrogen) atoms. The van der Waals surface area contributed by atoms with Crippen LogP contribution >= 0.6 is 10.7 Å². The van der Waals surface area contributed by atoms with Gasteiger partial charge in [0.05, 0.1) is 12.4 Å². The van der Waals surface area contributed by atoms with Gasteiger partial charge in [-0.1, -0.05) is 30.3 Å². The Hall–Kier alpha value is -1.31. The van der Waals surface area contributed by atoms with Crippen molar-refractivity contribution in [2.24, 2.45) is 0 Å². The topological polar surface area (TPSA) is 72.9 Å². The molecular weight excluding hydrogens is 318 g/mol. The molecule has 0 saturated carbocycles. The van der Waals surface area contributed by atoms with Gasteiger partial charge in [0.15, 0.2) is 0 Å². The molecule has 1 amide bonds. The van der Waals surface area contributed by atoms with Gasteiger partial charge in [-0.15, -0.1) is 0 Å². The van der Waals surface area contributed by atoms with Crippen molar-refractivity contribution in [2.75, 3.05) is 32.6 Å². The summed E-state index contributed by atoms with van der Waals surface area (Å²) in [5, 5.41) is 0. The second-order valence-corrected chi connectivity index (χ2v) is 7.16. The quantitative estimate of drug-likeness (QED) is 0.678. The van der Waals surface area contributed by atoms with Gasteiger partial charge in [0.25, 0.3) is 0 Å². The number of amides is 1. The number of carbonyl (C=O) groups is 1. The molecule has 0 heterocycles. The maximum absolute atomic E-state index is 11.9. The summed E-state index contributed by atoms with van der Waals surface area (Å²) < 4.78 is 32.0.